The average molecular weight is 343 g/mol. The van der Waals surface area contributed by atoms with E-state index in [0.29, 0.717) is 25.2 Å². The molecule has 1 atom stereocenters. The third-order valence-corrected chi connectivity index (χ3v) is 4.41. The molecule has 0 aliphatic carbocycles. The van der Waals surface area contributed by atoms with Crippen LogP contribution in [-0.2, 0) is 0 Å². The molecule has 0 N–H and O–H groups in total. The standard InChI is InChI=1S/C18H18FN3O3/c1-13-12-20(16-6-8-17(9-7-16)22(24)25)10-11-21(13)18(23)14-2-4-15(19)5-3-14/h2-9,13H,10-12H2,1H3/t13-/m0/s1. The number of piperazine rings is 1. The van der Waals surface area contributed by atoms with E-state index in [9.17, 15) is 19.3 Å². The highest BCUT2D eigenvalue weighted by molar-refractivity contribution is 5.94. The van der Waals surface area contributed by atoms with Gasteiger partial charge in [0.25, 0.3) is 11.6 Å². The number of halogens is 1. The summed E-state index contributed by atoms with van der Waals surface area (Å²) >= 11 is 0. The van der Waals surface area contributed by atoms with Gasteiger partial charge in [-0.2, -0.15) is 0 Å². The Morgan fingerprint density at radius 2 is 1.76 bits per heavy atom. The number of hydrogen-bond acceptors (Lipinski definition) is 4. The summed E-state index contributed by atoms with van der Waals surface area (Å²) in [5.41, 5.74) is 1.42. The van der Waals surface area contributed by atoms with Crippen LogP contribution < -0.4 is 4.90 Å². The van der Waals surface area contributed by atoms with Crippen molar-refractivity contribution in [2.75, 3.05) is 24.5 Å². The first kappa shape index (κ1) is 16.9. The molecule has 0 radical (unpaired) electrons. The zero-order valence-electron chi connectivity index (χ0n) is 13.8. The van der Waals surface area contributed by atoms with E-state index >= 15 is 0 Å². The molecule has 0 bridgehead atoms. The lowest BCUT2D eigenvalue weighted by atomic mass is 10.1. The number of nitrogens with zero attached hydrogens (tertiary/aromatic N) is 3. The molecule has 2 aromatic carbocycles. The number of amides is 1. The molecule has 0 spiro atoms. The fraction of sp³-hybridized carbons (Fsp3) is 0.278. The lowest BCUT2D eigenvalue weighted by molar-refractivity contribution is -0.384. The van der Waals surface area contributed by atoms with Crippen LogP contribution in [0.1, 0.15) is 17.3 Å². The van der Waals surface area contributed by atoms with E-state index in [-0.39, 0.29) is 23.5 Å². The normalized spacial score (nSPS) is 17.4. The number of hydrogen-bond donors (Lipinski definition) is 0. The van der Waals surface area contributed by atoms with Crippen LogP contribution in [0, 0.1) is 15.9 Å². The largest absolute Gasteiger partial charge is 0.368 e. The first-order valence-electron chi connectivity index (χ1n) is 8.01. The maximum atomic E-state index is 13.0. The van der Waals surface area contributed by atoms with Gasteiger partial charge >= 0.3 is 0 Å². The van der Waals surface area contributed by atoms with Gasteiger partial charge in [0.1, 0.15) is 5.82 Å². The molecule has 3 rings (SSSR count). The van der Waals surface area contributed by atoms with E-state index in [0.717, 1.165) is 5.69 Å². The van der Waals surface area contributed by atoms with Gasteiger partial charge in [-0.25, -0.2) is 4.39 Å². The van der Waals surface area contributed by atoms with Crippen molar-refractivity contribution >= 4 is 17.3 Å². The molecule has 7 heteroatoms. The number of nitro groups is 1. The molecular formula is C18H18FN3O3. The lowest BCUT2D eigenvalue weighted by Crippen LogP contribution is -2.54. The molecule has 2 aromatic rings. The first-order valence-corrected chi connectivity index (χ1v) is 8.01. The maximum absolute atomic E-state index is 13.0. The Hall–Kier alpha value is -2.96. The minimum Gasteiger partial charge on any atom is -0.368 e. The number of nitro benzene ring substituents is 1. The van der Waals surface area contributed by atoms with Crippen molar-refractivity contribution in [1.82, 2.24) is 4.90 Å². The molecule has 0 unspecified atom stereocenters. The lowest BCUT2D eigenvalue weighted by Gasteiger charge is -2.41. The third-order valence-electron chi connectivity index (χ3n) is 4.41. The topological polar surface area (TPSA) is 66.7 Å². The molecule has 25 heavy (non-hydrogen) atoms. The summed E-state index contributed by atoms with van der Waals surface area (Å²) in [7, 11) is 0. The minimum atomic E-state index is -0.425. The van der Waals surface area contributed by atoms with Gasteiger partial charge in [-0.05, 0) is 43.3 Å². The van der Waals surface area contributed by atoms with Crippen molar-refractivity contribution in [2.24, 2.45) is 0 Å². The predicted octanol–water partition coefficient (Wildman–Crippen LogP) is 3.08. The fourth-order valence-corrected chi connectivity index (χ4v) is 3.04. The maximum Gasteiger partial charge on any atom is 0.269 e. The molecule has 6 nitrogen and oxygen atoms in total. The van der Waals surface area contributed by atoms with Gasteiger partial charge in [0.15, 0.2) is 0 Å². The molecule has 1 amide bonds. The molecule has 0 saturated carbocycles. The summed E-state index contributed by atoms with van der Waals surface area (Å²) in [6.07, 6.45) is 0. The second kappa shape index (κ2) is 6.88. The van der Waals surface area contributed by atoms with Gasteiger partial charge in [0.2, 0.25) is 0 Å². The van der Waals surface area contributed by atoms with Gasteiger partial charge in [-0.15, -0.1) is 0 Å². The van der Waals surface area contributed by atoms with E-state index in [1.165, 1.54) is 36.4 Å². The Bertz CT molecular complexity index is 777. The highest BCUT2D eigenvalue weighted by atomic mass is 19.1. The second-order valence-electron chi connectivity index (χ2n) is 6.07. The van der Waals surface area contributed by atoms with Crippen molar-refractivity contribution in [2.45, 2.75) is 13.0 Å². The van der Waals surface area contributed by atoms with Crippen LogP contribution in [0.2, 0.25) is 0 Å². The van der Waals surface area contributed by atoms with Crippen LogP contribution in [0.25, 0.3) is 0 Å². The van der Waals surface area contributed by atoms with E-state index in [4.69, 9.17) is 0 Å². The molecule has 130 valence electrons. The van der Waals surface area contributed by atoms with Crippen molar-refractivity contribution in [3.8, 4) is 0 Å². The van der Waals surface area contributed by atoms with Gasteiger partial charge in [-0.1, -0.05) is 0 Å². The van der Waals surface area contributed by atoms with E-state index in [1.54, 1.807) is 17.0 Å². The molecule has 1 heterocycles. The van der Waals surface area contributed by atoms with Crippen LogP contribution in [0.15, 0.2) is 48.5 Å². The van der Waals surface area contributed by atoms with Crippen molar-refractivity contribution in [3.63, 3.8) is 0 Å². The monoisotopic (exact) mass is 343 g/mol. The van der Waals surface area contributed by atoms with Crippen LogP contribution in [0.3, 0.4) is 0 Å². The fourth-order valence-electron chi connectivity index (χ4n) is 3.04. The number of carbonyl (C=O) groups is 1. The van der Waals surface area contributed by atoms with Crippen LogP contribution >= 0.6 is 0 Å². The Kier molecular flexibility index (Phi) is 4.65. The summed E-state index contributed by atoms with van der Waals surface area (Å²) in [6.45, 7) is 3.76. The predicted molar refractivity (Wildman–Crippen MR) is 92.2 cm³/mol. The minimum absolute atomic E-state index is 0.0264. The highest BCUT2D eigenvalue weighted by Crippen LogP contribution is 2.23. The molecule has 1 aliphatic rings. The number of carbonyl (C=O) groups excluding carboxylic acids is 1. The van der Waals surface area contributed by atoms with Gasteiger partial charge in [0, 0.05) is 49.1 Å². The zero-order chi connectivity index (χ0) is 18.0. The van der Waals surface area contributed by atoms with Crippen LogP contribution in [0.5, 0.6) is 0 Å². The Labute approximate surface area is 144 Å². The summed E-state index contributed by atoms with van der Waals surface area (Å²) in [4.78, 5) is 26.8. The third kappa shape index (κ3) is 3.60. The molecule has 1 aliphatic heterocycles. The quantitative estimate of drug-likeness (QED) is 0.634. The van der Waals surface area contributed by atoms with Crippen molar-refractivity contribution < 1.29 is 14.1 Å². The second-order valence-corrected chi connectivity index (χ2v) is 6.07. The van der Waals surface area contributed by atoms with Crippen LogP contribution in [-0.4, -0.2) is 41.4 Å². The number of benzene rings is 2. The average Bonchev–Trinajstić information content (AvgIpc) is 2.62. The van der Waals surface area contributed by atoms with Gasteiger partial charge in [0.05, 0.1) is 4.92 Å². The Morgan fingerprint density at radius 3 is 2.32 bits per heavy atom. The number of non-ortho nitro benzene ring substituents is 1. The van der Waals surface area contributed by atoms with E-state index < -0.39 is 4.92 Å². The zero-order valence-corrected chi connectivity index (χ0v) is 13.8. The number of anilines is 1. The molecular weight excluding hydrogens is 325 g/mol. The number of rotatable bonds is 3. The summed E-state index contributed by atoms with van der Waals surface area (Å²) in [6, 6.07) is 11.9. The molecule has 1 fully saturated rings. The van der Waals surface area contributed by atoms with E-state index in [1.807, 2.05) is 6.92 Å². The van der Waals surface area contributed by atoms with Gasteiger partial charge in [-0.3, -0.25) is 14.9 Å². The molecule has 0 aromatic heterocycles. The van der Waals surface area contributed by atoms with Crippen molar-refractivity contribution in [1.29, 1.82) is 0 Å². The highest BCUT2D eigenvalue weighted by Gasteiger charge is 2.28. The smallest absolute Gasteiger partial charge is 0.269 e. The Balaban J connectivity index is 1.68. The first-order chi connectivity index (χ1) is 12.0. The summed E-state index contributed by atoms with van der Waals surface area (Å²) in [5, 5.41) is 10.7. The van der Waals surface area contributed by atoms with Crippen LogP contribution in [0.4, 0.5) is 15.8 Å². The Morgan fingerprint density at radius 1 is 1.12 bits per heavy atom. The summed E-state index contributed by atoms with van der Waals surface area (Å²) in [5.74, 6) is -0.483. The van der Waals surface area contributed by atoms with Gasteiger partial charge < -0.3 is 9.80 Å². The van der Waals surface area contributed by atoms with E-state index in [2.05, 4.69) is 4.90 Å². The summed E-state index contributed by atoms with van der Waals surface area (Å²) < 4.78 is 13.0. The molecule has 1 saturated heterocycles. The van der Waals surface area contributed by atoms with Crippen molar-refractivity contribution in [3.05, 3.63) is 70.0 Å². The SMILES string of the molecule is C[C@H]1CN(c2ccc([N+](=O)[O-])cc2)CCN1C(=O)c1ccc(F)cc1.